The van der Waals surface area contributed by atoms with E-state index in [1.165, 1.54) is 7.11 Å². The first-order valence-electron chi connectivity index (χ1n) is 7.62. The molecule has 1 aromatic carbocycles. The number of fused-ring (bicyclic) bond motifs is 1. The van der Waals surface area contributed by atoms with Gasteiger partial charge in [0.15, 0.2) is 5.96 Å². The first-order valence-corrected chi connectivity index (χ1v) is 7.62. The first kappa shape index (κ1) is 19.1. The smallest absolute Gasteiger partial charge is 0.373 e. The van der Waals surface area contributed by atoms with Gasteiger partial charge in [-0.3, -0.25) is 0 Å². The Balaban J connectivity index is 0.00000225. The van der Waals surface area contributed by atoms with E-state index in [4.69, 9.17) is 14.9 Å². The van der Waals surface area contributed by atoms with Gasteiger partial charge in [0, 0.05) is 12.0 Å². The number of aliphatic imine (C=N–C) groups is 1. The zero-order chi connectivity index (χ0) is 16.9. The van der Waals surface area contributed by atoms with E-state index < -0.39 is 5.97 Å². The van der Waals surface area contributed by atoms with Crippen LogP contribution in [0.25, 0.3) is 0 Å². The zero-order valence-corrected chi connectivity index (χ0v) is 16.1. The Kier molecular flexibility index (Phi) is 6.68. The molecule has 1 aliphatic rings. The number of halogens is 1. The number of hydrogen-bond acceptors (Lipinski definition) is 5. The molecular formula is C17H20IN3O4. The summed E-state index contributed by atoms with van der Waals surface area (Å²) in [5.41, 5.74) is 7.03. The molecule has 1 unspecified atom stereocenters. The van der Waals surface area contributed by atoms with Crippen LogP contribution in [0.4, 0.5) is 0 Å². The lowest BCUT2D eigenvalue weighted by molar-refractivity contribution is 0.0563. The van der Waals surface area contributed by atoms with Crippen molar-refractivity contribution >= 4 is 35.9 Å². The monoisotopic (exact) mass is 457 g/mol. The number of furan rings is 1. The summed E-state index contributed by atoms with van der Waals surface area (Å²) >= 11 is 0. The number of esters is 1. The minimum Gasteiger partial charge on any atom is -0.493 e. The molecule has 2 heterocycles. The van der Waals surface area contributed by atoms with Gasteiger partial charge in [0.25, 0.3) is 0 Å². The van der Waals surface area contributed by atoms with Crippen LogP contribution in [0.1, 0.15) is 34.3 Å². The normalized spacial score (nSPS) is 16.2. The largest absolute Gasteiger partial charge is 0.493 e. The van der Waals surface area contributed by atoms with Crippen molar-refractivity contribution < 1.29 is 18.7 Å². The molecule has 0 spiro atoms. The topological polar surface area (TPSA) is 99.1 Å². The number of nitrogens with one attached hydrogen (secondary N) is 1. The van der Waals surface area contributed by atoms with E-state index in [9.17, 15) is 4.79 Å². The van der Waals surface area contributed by atoms with E-state index in [1.54, 1.807) is 12.1 Å². The van der Waals surface area contributed by atoms with Crippen LogP contribution < -0.4 is 15.8 Å². The van der Waals surface area contributed by atoms with Gasteiger partial charge in [-0.25, -0.2) is 9.79 Å². The summed E-state index contributed by atoms with van der Waals surface area (Å²) < 4.78 is 15.6. The van der Waals surface area contributed by atoms with Gasteiger partial charge in [-0.05, 0) is 18.2 Å². The van der Waals surface area contributed by atoms with Gasteiger partial charge in [0.2, 0.25) is 5.76 Å². The fourth-order valence-electron chi connectivity index (χ4n) is 2.55. The quantitative estimate of drug-likeness (QED) is 0.317. The van der Waals surface area contributed by atoms with E-state index in [0.29, 0.717) is 18.3 Å². The van der Waals surface area contributed by atoms with Crippen LogP contribution in [0.15, 0.2) is 45.8 Å². The Morgan fingerprint density at radius 3 is 2.96 bits per heavy atom. The maximum Gasteiger partial charge on any atom is 0.373 e. The molecule has 0 fully saturated rings. The molecule has 0 amide bonds. The van der Waals surface area contributed by atoms with Crippen molar-refractivity contribution in [2.24, 2.45) is 10.7 Å². The summed E-state index contributed by atoms with van der Waals surface area (Å²) in [5.74, 6) is 1.34. The van der Waals surface area contributed by atoms with Gasteiger partial charge in [-0.15, -0.1) is 24.0 Å². The Morgan fingerprint density at radius 2 is 2.16 bits per heavy atom. The summed E-state index contributed by atoms with van der Waals surface area (Å²) in [6.45, 7) is 0.864. The Bertz CT molecular complexity index is 760. The molecule has 0 bridgehead atoms. The lowest BCUT2D eigenvalue weighted by Gasteiger charge is -2.26. The van der Waals surface area contributed by atoms with Crippen molar-refractivity contribution in [3.05, 3.63) is 53.5 Å². The first-order chi connectivity index (χ1) is 11.7. The molecule has 0 saturated heterocycles. The second kappa shape index (κ2) is 8.75. The lowest BCUT2D eigenvalue weighted by atomic mass is 10.0. The molecule has 1 aliphatic heterocycles. The summed E-state index contributed by atoms with van der Waals surface area (Å²) in [4.78, 5) is 15.6. The fourth-order valence-corrected chi connectivity index (χ4v) is 2.55. The molecule has 3 rings (SSSR count). The molecule has 0 aliphatic carbocycles. The number of nitrogens with two attached hydrogens (primary N) is 1. The number of para-hydroxylation sites is 1. The molecule has 25 heavy (non-hydrogen) atoms. The highest BCUT2D eigenvalue weighted by Gasteiger charge is 2.21. The molecule has 8 heteroatoms. The van der Waals surface area contributed by atoms with E-state index >= 15 is 0 Å². The van der Waals surface area contributed by atoms with E-state index in [1.807, 2.05) is 24.3 Å². The Labute approximate surface area is 162 Å². The second-order valence-corrected chi connectivity index (χ2v) is 5.33. The minimum atomic E-state index is -0.518. The minimum absolute atomic E-state index is 0. The predicted molar refractivity (Wildman–Crippen MR) is 103 cm³/mol. The highest BCUT2D eigenvalue weighted by atomic mass is 127. The van der Waals surface area contributed by atoms with Crippen LogP contribution in [0.3, 0.4) is 0 Å². The highest BCUT2D eigenvalue weighted by molar-refractivity contribution is 14.0. The van der Waals surface area contributed by atoms with Crippen molar-refractivity contribution in [1.29, 1.82) is 0 Å². The number of nitrogens with zero attached hydrogens (tertiary/aromatic N) is 1. The van der Waals surface area contributed by atoms with Crippen LogP contribution in [-0.2, 0) is 11.3 Å². The molecule has 134 valence electrons. The molecule has 2 aromatic rings. The molecule has 0 saturated carbocycles. The van der Waals surface area contributed by atoms with Crippen LogP contribution in [0, 0.1) is 0 Å². The van der Waals surface area contributed by atoms with Gasteiger partial charge >= 0.3 is 5.97 Å². The van der Waals surface area contributed by atoms with Crippen molar-refractivity contribution in [2.75, 3.05) is 13.7 Å². The molecular weight excluding hydrogens is 437 g/mol. The number of guanidine groups is 1. The van der Waals surface area contributed by atoms with Gasteiger partial charge < -0.3 is 24.9 Å². The predicted octanol–water partition coefficient (Wildman–Crippen LogP) is 2.61. The zero-order valence-electron chi connectivity index (χ0n) is 13.7. The number of carbonyl (C=O) groups is 1. The van der Waals surface area contributed by atoms with Crippen molar-refractivity contribution in [1.82, 2.24) is 5.32 Å². The fraction of sp³-hybridized carbons (Fsp3) is 0.294. The Hall–Kier alpha value is -2.23. The van der Waals surface area contributed by atoms with Crippen molar-refractivity contribution in [3.8, 4) is 5.75 Å². The molecule has 1 aromatic heterocycles. The third-order valence-electron chi connectivity index (χ3n) is 3.73. The third kappa shape index (κ3) is 4.65. The van der Waals surface area contributed by atoms with Crippen LogP contribution in [-0.4, -0.2) is 25.6 Å². The van der Waals surface area contributed by atoms with Crippen LogP contribution in [0.2, 0.25) is 0 Å². The molecule has 1 atom stereocenters. The summed E-state index contributed by atoms with van der Waals surface area (Å²) in [6, 6.07) is 11.1. The Morgan fingerprint density at radius 1 is 1.36 bits per heavy atom. The number of carbonyl (C=O) groups excluding carboxylic acids is 1. The van der Waals surface area contributed by atoms with Gasteiger partial charge in [-0.1, -0.05) is 18.2 Å². The lowest BCUT2D eigenvalue weighted by Crippen LogP contribution is -2.37. The number of methoxy groups -OCH3 is 1. The maximum atomic E-state index is 11.3. The SMILES string of the molecule is COC(=O)c1ccc(CN=C(N)NC2CCOc3ccccc32)o1.I. The van der Waals surface area contributed by atoms with E-state index in [0.717, 1.165) is 17.7 Å². The third-order valence-corrected chi connectivity index (χ3v) is 3.73. The number of rotatable bonds is 4. The van der Waals surface area contributed by atoms with Gasteiger partial charge in [0.1, 0.15) is 18.1 Å². The van der Waals surface area contributed by atoms with Crippen molar-refractivity contribution in [3.63, 3.8) is 0 Å². The molecule has 0 radical (unpaired) electrons. The highest BCUT2D eigenvalue weighted by Crippen LogP contribution is 2.31. The number of ether oxygens (including phenoxy) is 2. The number of hydrogen-bond donors (Lipinski definition) is 2. The van der Waals surface area contributed by atoms with Gasteiger partial charge in [-0.2, -0.15) is 0 Å². The molecule has 7 nitrogen and oxygen atoms in total. The maximum absolute atomic E-state index is 11.3. The van der Waals surface area contributed by atoms with E-state index in [-0.39, 0.29) is 42.3 Å². The average Bonchev–Trinajstić information content (AvgIpc) is 3.09. The average molecular weight is 457 g/mol. The number of benzene rings is 1. The summed E-state index contributed by atoms with van der Waals surface area (Å²) in [7, 11) is 1.30. The summed E-state index contributed by atoms with van der Waals surface area (Å²) in [6.07, 6.45) is 0.806. The van der Waals surface area contributed by atoms with Gasteiger partial charge in [0.05, 0.1) is 19.8 Å². The summed E-state index contributed by atoms with van der Waals surface area (Å²) in [5, 5.41) is 3.20. The van der Waals surface area contributed by atoms with Crippen molar-refractivity contribution in [2.45, 2.75) is 19.0 Å². The van der Waals surface area contributed by atoms with E-state index in [2.05, 4.69) is 15.0 Å². The van der Waals surface area contributed by atoms with Crippen LogP contribution >= 0.6 is 24.0 Å². The van der Waals surface area contributed by atoms with Crippen LogP contribution in [0.5, 0.6) is 5.75 Å². The molecule has 3 N–H and O–H groups in total. The second-order valence-electron chi connectivity index (χ2n) is 5.33. The standard InChI is InChI=1S/C17H19N3O4.HI/c1-22-16(21)15-7-6-11(24-15)10-19-17(18)20-13-8-9-23-14-5-3-2-4-12(13)14;/h2-7,13H,8-10H2,1H3,(H3,18,19,20);1H.